The van der Waals surface area contributed by atoms with Crippen LogP contribution in [0.5, 0.6) is 0 Å². The molecule has 6 heteroatoms. The van der Waals surface area contributed by atoms with E-state index >= 15 is 0 Å². The van der Waals surface area contributed by atoms with Gasteiger partial charge in [-0.2, -0.15) is 0 Å². The Bertz CT molecular complexity index is 768. The van der Waals surface area contributed by atoms with Crippen molar-refractivity contribution in [2.45, 2.75) is 45.1 Å². The first kappa shape index (κ1) is 18.9. The van der Waals surface area contributed by atoms with E-state index in [9.17, 15) is 9.59 Å². The van der Waals surface area contributed by atoms with Crippen LogP contribution in [0.25, 0.3) is 0 Å². The molecule has 1 aliphatic carbocycles. The van der Waals surface area contributed by atoms with Gasteiger partial charge in [0.15, 0.2) is 0 Å². The maximum Gasteiger partial charge on any atom is 0.265 e. The predicted molar refractivity (Wildman–Crippen MR) is 107 cm³/mol. The summed E-state index contributed by atoms with van der Waals surface area (Å²) in [5, 5.41) is 8.15. The highest BCUT2D eigenvalue weighted by Gasteiger charge is 2.22. The van der Waals surface area contributed by atoms with Gasteiger partial charge in [0.05, 0.1) is 15.6 Å². The highest BCUT2D eigenvalue weighted by molar-refractivity contribution is 7.12. The van der Waals surface area contributed by atoms with Crippen LogP contribution >= 0.6 is 22.9 Å². The molecular formula is C20H23ClN2O2S. The number of carbonyl (C=O) groups is 2. The van der Waals surface area contributed by atoms with E-state index in [4.69, 9.17) is 11.6 Å². The Morgan fingerprint density at radius 3 is 2.58 bits per heavy atom. The van der Waals surface area contributed by atoms with E-state index in [1.54, 1.807) is 24.3 Å². The van der Waals surface area contributed by atoms with Gasteiger partial charge in [-0.05, 0) is 61.2 Å². The highest BCUT2D eigenvalue weighted by atomic mass is 35.5. The smallest absolute Gasteiger partial charge is 0.265 e. The molecule has 26 heavy (non-hydrogen) atoms. The molecule has 2 N–H and O–H groups in total. The molecule has 138 valence electrons. The third-order valence-corrected chi connectivity index (χ3v) is 6.18. The lowest BCUT2D eigenvalue weighted by Gasteiger charge is -2.28. The minimum Gasteiger partial charge on any atom is -0.349 e. The average Bonchev–Trinajstić information content (AvgIpc) is 3.19. The number of benzene rings is 1. The van der Waals surface area contributed by atoms with Crippen LogP contribution in [0.2, 0.25) is 5.02 Å². The minimum atomic E-state index is -0.225. The van der Waals surface area contributed by atoms with Crippen molar-refractivity contribution in [3.8, 4) is 0 Å². The normalized spacial score (nSPS) is 19.8. The third-order valence-electron chi connectivity index (χ3n) is 4.98. The Morgan fingerprint density at radius 2 is 1.92 bits per heavy atom. The molecule has 1 aliphatic rings. The predicted octanol–water partition coefficient (Wildman–Crippen LogP) is 5.35. The minimum absolute atomic E-state index is 0.117. The monoisotopic (exact) mass is 390 g/mol. The van der Waals surface area contributed by atoms with Crippen LogP contribution in [-0.4, -0.2) is 17.9 Å². The zero-order valence-corrected chi connectivity index (χ0v) is 16.3. The first-order valence-electron chi connectivity index (χ1n) is 9.02. The van der Waals surface area contributed by atoms with Gasteiger partial charge < -0.3 is 10.6 Å². The molecule has 0 bridgehead atoms. The summed E-state index contributed by atoms with van der Waals surface area (Å²) in [7, 11) is 0. The fourth-order valence-electron chi connectivity index (χ4n) is 3.34. The Balaban J connectivity index is 1.65. The molecule has 1 fully saturated rings. The van der Waals surface area contributed by atoms with Crippen LogP contribution in [0.4, 0.5) is 5.69 Å². The maximum absolute atomic E-state index is 12.6. The molecule has 1 aromatic carbocycles. The summed E-state index contributed by atoms with van der Waals surface area (Å²) in [4.78, 5) is 25.4. The van der Waals surface area contributed by atoms with Crippen LogP contribution in [0, 0.1) is 5.92 Å². The molecule has 1 heterocycles. The lowest BCUT2D eigenvalue weighted by atomic mass is 9.84. The van der Waals surface area contributed by atoms with Crippen molar-refractivity contribution < 1.29 is 9.59 Å². The van der Waals surface area contributed by atoms with E-state index in [-0.39, 0.29) is 17.9 Å². The van der Waals surface area contributed by atoms with E-state index < -0.39 is 0 Å². The second kappa shape index (κ2) is 8.69. The van der Waals surface area contributed by atoms with Gasteiger partial charge in [-0.15, -0.1) is 11.3 Å². The van der Waals surface area contributed by atoms with Crippen LogP contribution in [-0.2, 0) is 0 Å². The van der Waals surface area contributed by atoms with Crippen molar-refractivity contribution in [1.29, 1.82) is 0 Å². The van der Waals surface area contributed by atoms with Gasteiger partial charge in [-0.25, -0.2) is 0 Å². The summed E-state index contributed by atoms with van der Waals surface area (Å²) in [6.45, 7) is 2.23. The summed E-state index contributed by atoms with van der Waals surface area (Å²) in [6, 6.07) is 8.77. The van der Waals surface area contributed by atoms with E-state index in [1.807, 2.05) is 11.4 Å². The van der Waals surface area contributed by atoms with Gasteiger partial charge in [0.1, 0.15) is 0 Å². The van der Waals surface area contributed by atoms with Crippen molar-refractivity contribution in [2.24, 2.45) is 5.92 Å². The van der Waals surface area contributed by atoms with E-state index in [2.05, 4.69) is 17.6 Å². The summed E-state index contributed by atoms with van der Waals surface area (Å²) in [5.74, 6) is 0.448. The maximum atomic E-state index is 12.6. The number of carbonyl (C=O) groups excluding carboxylic acids is 2. The van der Waals surface area contributed by atoms with E-state index in [0.717, 1.165) is 18.8 Å². The summed E-state index contributed by atoms with van der Waals surface area (Å²) in [6.07, 6.45) is 5.61. The first-order chi connectivity index (χ1) is 12.6. The zero-order chi connectivity index (χ0) is 18.5. The van der Waals surface area contributed by atoms with Crippen molar-refractivity contribution in [3.05, 3.63) is 51.2 Å². The Kier molecular flexibility index (Phi) is 6.33. The van der Waals surface area contributed by atoms with Gasteiger partial charge in [0, 0.05) is 11.6 Å². The molecule has 3 rings (SSSR count). The van der Waals surface area contributed by atoms with Crippen molar-refractivity contribution in [1.82, 2.24) is 5.32 Å². The van der Waals surface area contributed by atoms with Gasteiger partial charge in [0.2, 0.25) is 0 Å². The number of thiophene rings is 1. The molecule has 0 unspecified atom stereocenters. The first-order valence-corrected chi connectivity index (χ1v) is 10.3. The number of hydrogen-bond acceptors (Lipinski definition) is 3. The van der Waals surface area contributed by atoms with Crippen LogP contribution in [0.15, 0.2) is 35.7 Å². The largest absolute Gasteiger partial charge is 0.349 e. The molecule has 2 aromatic rings. The molecule has 0 saturated heterocycles. The molecule has 0 atom stereocenters. The summed E-state index contributed by atoms with van der Waals surface area (Å²) >= 11 is 7.54. The fraction of sp³-hybridized carbons (Fsp3) is 0.400. The molecule has 0 spiro atoms. The number of anilines is 1. The Hall–Kier alpha value is -1.85. The second-order valence-corrected chi connectivity index (χ2v) is 8.08. The van der Waals surface area contributed by atoms with E-state index in [0.29, 0.717) is 21.2 Å². The lowest BCUT2D eigenvalue weighted by Crippen LogP contribution is -2.37. The molecule has 0 aliphatic heterocycles. The quantitative estimate of drug-likeness (QED) is 0.722. The molecule has 2 amide bonds. The number of rotatable bonds is 5. The SMILES string of the molecule is CCC1CCC(NC(=O)c2ccc(Cl)c(NC(=O)c3cccs3)c2)CC1. The lowest BCUT2D eigenvalue weighted by molar-refractivity contribution is 0.0920. The summed E-state index contributed by atoms with van der Waals surface area (Å²) in [5.41, 5.74) is 0.959. The number of halogens is 1. The van der Waals surface area contributed by atoms with Gasteiger partial charge in [-0.1, -0.05) is 31.0 Å². The van der Waals surface area contributed by atoms with Crippen molar-refractivity contribution in [3.63, 3.8) is 0 Å². The van der Waals surface area contributed by atoms with Crippen molar-refractivity contribution >= 4 is 40.4 Å². The van der Waals surface area contributed by atoms with E-state index in [1.165, 1.54) is 30.6 Å². The Morgan fingerprint density at radius 1 is 1.15 bits per heavy atom. The fourth-order valence-corrected chi connectivity index (χ4v) is 4.12. The second-order valence-electron chi connectivity index (χ2n) is 6.73. The molecule has 1 saturated carbocycles. The van der Waals surface area contributed by atoms with Crippen LogP contribution in [0.3, 0.4) is 0 Å². The molecule has 4 nitrogen and oxygen atoms in total. The standard InChI is InChI=1S/C20H23ClN2O2S/c1-2-13-5-8-15(9-6-13)22-19(24)14-7-10-16(21)17(12-14)23-20(25)18-4-3-11-26-18/h3-4,7,10-13,15H,2,5-6,8-9H2,1H3,(H,22,24)(H,23,25). The van der Waals surface area contributed by atoms with Crippen LogP contribution < -0.4 is 10.6 Å². The Labute approximate surface area is 162 Å². The highest BCUT2D eigenvalue weighted by Crippen LogP contribution is 2.27. The molecule has 0 radical (unpaired) electrons. The van der Waals surface area contributed by atoms with Crippen molar-refractivity contribution in [2.75, 3.05) is 5.32 Å². The number of amides is 2. The van der Waals surface area contributed by atoms with Gasteiger partial charge in [0.25, 0.3) is 11.8 Å². The average molecular weight is 391 g/mol. The number of nitrogens with one attached hydrogen (secondary N) is 2. The molecular weight excluding hydrogens is 368 g/mol. The zero-order valence-electron chi connectivity index (χ0n) is 14.8. The number of hydrogen-bond donors (Lipinski definition) is 2. The van der Waals surface area contributed by atoms with Crippen LogP contribution in [0.1, 0.15) is 59.1 Å². The topological polar surface area (TPSA) is 58.2 Å². The van der Waals surface area contributed by atoms with Gasteiger partial charge >= 0.3 is 0 Å². The summed E-state index contributed by atoms with van der Waals surface area (Å²) < 4.78 is 0. The van der Waals surface area contributed by atoms with Gasteiger partial charge in [-0.3, -0.25) is 9.59 Å². The third kappa shape index (κ3) is 4.65. The molecule has 1 aromatic heterocycles.